The summed E-state index contributed by atoms with van der Waals surface area (Å²) in [6.45, 7) is 3.81. The SMILES string of the molecule is CC(NCCn1cncn1)c1cccnc1. The summed E-state index contributed by atoms with van der Waals surface area (Å²) in [6, 6.07) is 4.32. The molecule has 1 unspecified atom stereocenters. The van der Waals surface area contributed by atoms with E-state index in [1.165, 1.54) is 5.56 Å². The highest BCUT2D eigenvalue weighted by Crippen LogP contribution is 2.08. The van der Waals surface area contributed by atoms with Crippen LogP contribution in [0.2, 0.25) is 0 Å². The second kappa shape index (κ2) is 5.37. The lowest BCUT2D eigenvalue weighted by atomic mass is 10.1. The van der Waals surface area contributed by atoms with Crippen molar-refractivity contribution in [3.63, 3.8) is 0 Å². The van der Waals surface area contributed by atoms with Crippen LogP contribution in [0.3, 0.4) is 0 Å². The highest BCUT2D eigenvalue weighted by Gasteiger charge is 2.03. The van der Waals surface area contributed by atoms with Gasteiger partial charge in [-0.3, -0.25) is 9.67 Å². The van der Waals surface area contributed by atoms with E-state index < -0.39 is 0 Å². The number of rotatable bonds is 5. The van der Waals surface area contributed by atoms with Gasteiger partial charge in [0.25, 0.3) is 0 Å². The minimum Gasteiger partial charge on any atom is -0.308 e. The fourth-order valence-electron chi connectivity index (χ4n) is 1.49. The Balaban J connectivity index is 1.78. The zero-order valence-corrected chi connectivity index (χ0v) is 9.24. The Hall–Kier alpha value is -1.75. The van der Waals surface area contributed by atoms with Crippen LogP contribution in [-0.2, 0) is 6.54 Å². The van der Waals surface area contributed by atoms with Crippen molar-refractivity contribution >= 4 is 0 Å². The predicted molar refractivity (Wildman–Crippen MR) is 60.7 cm³/mol. The average molecular weight is 217 g/mol. The molecule has 16 heavy (non-hydrogen) atoms. The van der Waals surface area contributed by atoms with Crippen molar-refractivity contribution in [3.05, 3.63) is 42.7 Å². The molecule has 0 aliphatic rings. The Morgan fingerprint density at radius 3 is 3.06 bits per heavy atom. The van der Waals surface area contributed by atoms with Crippen molar-refractivity contribution in [2.45, 2.75) is 19.5 Å². The second-order valence-corrected chi connectivity index (χ2v) is 3.62. The summed E-state index contributed by atoms with van der Waals surface area (Å²) in [7, 11) is 0. The topological polar surface area (TPSA) is 55.6 Å². The Bertz CT molecular complexity index is 398. The van der Waals surface area contributed by atoms with E-state index in [4.69, 9.17) is 0 Å². The molecule has 0 bridgehead atoms. The van der Waals surface area contributed by atoms with Gasteiger partial charge in [0.1, 0.15) is 12.7 Å². The lowest BCUT2D eigenvalue weighted by Gasteiger charge is -2.13. The summed E-state index contributed by atoms with van der Waals surface area (Å²) >= 11 is 0. The number of aromatic nitrogens is 4. The van der Waals surface area contributed by atoms with Crippen molar-refractivity contribution in [2.24, 2.45) is 0 Å². The molecule has 84 valence electrons. The molecule has 0 aliphatic carbocycles. The molecule has 1 N–H and O–H groups in total. The molecular formula is C11H15N5. The van der Waals surface area contributed by atoms with Gasteiger partial charge in [0.05, 0.1) is 6.54 Å². The van der Waals surface area contributed by atoms with Crippen LogP contribution in [0.4, 0.5) is 0 Å². The van der Waals surface area contributed by atoms with Crippen molar-refractivity contribution in [2.75, 3.05) is 6.54 Å². The van der Waals surface area contributed by atoms with E-state index in [0.717, 1.165) is 13.1 Å². The van der Waals surface area contributed by atoms with Crippen LogP contribution < -0.4 is 5.32 Å². The minimum atomic E-state index is 0.303. The molecule has 5 nitrogen and oxygen atoms in total. The van der Waals surface area contributed by atoms with Gasteiger partial charge in [-0.25, -0.2) is 4.98 Å². The third-order valence-electron chi connectivity index (χ3n) is 2.44. The lowest BCUT2D eigenvalue weighted by molar-refractivity contribution is 0.506. The summed E-state index contributed by atoms with van der Waals surface area (Å²) < 4.78 is 1.81. The fourth-order valence-corrected chi connectivity index (χ4v) is 1.49. The quantitative estimate of drug-likeness (QED) is 0.812. The van der Waals surface area contributed by atoms with Crippen LogP contribution in [0.25, 0.3) is 0 Å². The molecule has 0 amide bonds. The first-order valence-electron chi connectivity index (χ1n) is 5.32. The van der Waals surface area contributed by atoms with Gasteiger partial charge in [-0.05, 0) is 18.6 Å². The Kier molecular flexibility index (Phi) is 3.61. The molecule has 0 saturated carbocycles. The third kappa shape index (κ3) is 2.87. The monoisotopic (exact) mass is 217 g/mol. The second-order valence-electron chi connectivity index (χ2n) is 3.62. The van der Waals surface area contributed by atoms with Crippen LogP contribution in [-0.4, -0.2) is 26.3 Å². The van der Waals surface area contributed by atoms with Gasteiger partial charge in [-0.1, -0.05) is 6.07 Å². The largest absolute Gasteiger partial charge is 0.308 e. The van der Waals surface area contributed by atoms with Gasteiger partial charge < -0.3 is 5.32 Å². The van der Waals surface area contributed by atoms with E-state index in [-0.39, 0.29) is 0 Å². The summed E-state index contributed by atoms with van der Waals surface area (Å²) in [5.74, 6) is 0. The van der Waals surface area contributed by atoms with Crippen molar-refractivity contribution < 1.29 is 0 Å². The molecule has 5 heteroatoms. The molecular weight excluding hydrogens is 202 g/mol. The molecule has 0 saturated heterocycles. The van der Waals surface area contributed by atoms with Crippen LogP contribution in [0.15, 0.2) is 37.2 Å². The van der Waals surface area contributed by atoms with Gasteiger partial charge in [-0.2, -0.15) is 5.10 Å². The number of nitrogens with zero attached hydrogens (tertiary/aromatic N) is 4. The van der Waals surface area contributed by atoms with Crippen LogP contribution >= 0.6 is 0 Å². The molecule has 2 aromatic heterocycles. The summed E-state index contributed by atoms with van der Waals surface area (Å²) in [5.41, 5.74) is 1.20. The molecule has 2 aromatic rings. The van der Waals surface area contributed by atoms with E-state index >= 15 is 0 Å². The lowest BCUT2D eigenvalue weighted by Crippen LogP contribution is -2.23. The van der Waals surface area contributed by atoms with E-state index in [2.05, 4.69) is 33.4 Å². The van der Waals surface area contributed by atoms with Crippen LogP contribution in [0.5, 0.6) is 0 Å². The molecule has 0 fully saturated rings. The van der Waals surface area contributed by atoms with Crippen molar-refractivity contribution in [1.29, 1.82) is 0 Å². The maximum atomic E-state index is 4.10. The number of pyridine rings is 1. The van der Waals surface area contributed by atoms with Crippen molar-refractivity contribution in [1.82, 2.24) is 25.1 Å². The molecule has 1 atom stereocenters. The van der Waals surface area contributed by atoms with Gasteiger partial charge >= 0.3 is 0 Å². The Morgan fingerprint density at radius 1 is 1.44 bits per heavy atom. The molecule has 0 spiro atoms. The molecule has 2 heterocycles. The van der Waals surface area contributed by atoms with Crippen LogP contribution in [0, 0.1) is 0 Å². The highest BCUT2D eigenvalue weighted by molar-refractivity contribution is 5.12. The number of nitrogens with one attached hydrogen (secondary N) is 1. The first-order valence-corrected chi connectivity index (χ1v) is 5.32. The Labute approximate surface area is 94.5 Å². The zero-order chi connectivity index (χ0) is 11.2. The van der Waals surface area contributed by atoms with Crippen molar-refractivity contribution in [3.8, 4) is 0 Å². The standard InChI is InChI=1S/C11H15N5/c1-10(11-3-2-4-12-7-11)14-5-6-16-9-13-8-15-16/h2-4,7-10,14H,5-6H2,1H3. The first kappa shape index (κ1) is 10.8. The van der Waals surface area contributed by atoms with Gasteiger partial charge in [0, 0.05) is 25.0 Å². The summed E-state index contributed by atoms with van der Waals surface area (Å²) in [4.78, 5) is 7.99. The first-order chi connectivity index (χ1) is 7.86. The van der Waals surface area contributed by atoms with Crippen LogP contribution in [0.1, 0.15) is 18.5 Å². The number of hydrogen-bond donors (Lipinski definition) is 1. The summed E-state index contributed by atoms with van der Waals surface area (Å²) in [5, 5.41) is 7.45. The normalized spacial score (nSPS) is 12.6. The number of hydrogen-bond acceptors (Lipinski definition) is 4. The maximum absolute atomic E-state index is 4.10. The van der Waals surface area contributed by atoms with E-state index in [9.17, 15) is 0 Å². The summed E-state index contributed by atoms with van der Waals surface area (Å²) in [6.07, 6.45) is 6.93. The van der Waals surface area contributed by atoms with Gasteiger partial charge in [-0.15, -0.1) is 0 Å². The van der Waals surface area contributed by atoms with E-state index in [0.29, 0.717) is 6.04 Å². The average Bonchev–Trinajstić information content (AvgIpc) is 2.83. The molecule has 0 aliphatic heterocycles. The van der Waals surface area contributed by atoms with Gasteiger partial charge in [0.2, 0.25) is 0 Å². The fraction of sp³-hybridized carbons (Fsp3) is 0.364. The smallest absolute Gasteiger partial charge is 0.137 e. The molecule has 2 rings (SSSR count). The predicted octanol–water partition coefficient (Wildman–Crippen LogP) is 1.02. The molecule has 0 aromatic carbocycles. The van der Waals surface area contributed by atoms with E-state index in [1.807, 2.05) is 16.9 Å². The maximum Gasteiger partial charge on any atom is 0.137 e. The molecule has 0 radical (unpaired) electrons. The highest BCUT2D eigenvalue weighted by atomic mass is 15.3. The minimum absolute atomic E-state index is 0.303. The van der Waals surface area contributed by atoms with Gasteiger partial charge in [0.15, 0.2) is 0 Å². The van der Waals surface area contributed by atoms with E-state index in [1.54, 1.807) is 18.9 Å². The zero-order valence-electron chi connectivity index (χ0n) is 9.24. The third-order valence-corrected chi connectivity index (χ3v) is 2.44. The Morgan fingerprint density at radius 2 is 2.38 bits per heavy atom.